The summed E-state index contributed by atoms with van der Waals surface area (Å²) in [5.74, 6) is -0.985. The number of carbonyl (C=O) groups is 3. The van der Waals surface area contributed by atoms with Crippen LogP contribution < -0.4 is 0 Å². The van der Waals surface area contributed by atoms with Gasteiger partial charge in [-0.15, -0.1) is 0 Å². The van der Waals surface area contributed by atoms with Crippen molar-refractivity contribution in [3.63, 3.8) is 0 Å². The van der Waals surface area contributed by atoms with Gasteiger partial charge in [0.2, 0.25) is 0 Å². The Morgan fingerprint density at radius 2 is 0.612 bits per heavy atom. The van der Waals surface area contributed by atoms with E-state index in [4.69, 9.17) is 14.2 Å². The highest BCUT2D eigenvalue weighted by Gasteiger charge is 2.19. The normalized spacial score (nSPS) is 12.7. The van der Waals surface area contributed by atoms with E-state index in [1.165, 1.54) is 141 Å². The van der Waals surface area contributed by atoms with Gasteiger partial charge in [-0.05, 0) is 83.5 Å². The molecule has 0 aromatic rings. The average Bonchev–Trinajstić information content (AvgIpc) is 3.33. The number of unbranched alkanes of at least 4 members (excludes halogenated alkanes) is 25. The number of carbonyl (C=O) groups excluding carboxylic acids is 3. The second-order valence-electron chi connectivity index (χ2n) is 18.5. The van der Waals surface area contributed by atoms with Gasteiger partial charge < -0.3 is 14.2 Å². The SMILES string of the molecule is CC/C=C\C/C=C\C/C=C\C/C=C\C/C=C\C/C=C\CCC(=O)OC[C@H](COC(=O)CCCCCCCCC/C=C\CCCCCC)OC(=O)CCCCCCCCCCCCCCCCC. The molecule has 0 unspecified atom stereocenters. The smallest absolute Gasteiger partial charge is 0.306 e. The lowest BCUT2D eigenvalue weighted by Gasteiger charge is -2.18. The Kier molecular flexibility index (Phi) is 52.4. The van der Waals surface area contributed by atoms with E-state index in [0.29, 0.717) is 19.3 Å². The van der Waals surface area contributed by atoms with Crippen LogP contribution in [0.5, 0.6) is 0 Å². The van der Waals surface area contributed by atoms with Gasteiger partial charge >= 0.3 is 17.9 Å². The Labute approximate surface area is 414 Å². The lowest BCUT2D eigenvalue weighted by Crippen LogP contribution is -2.30. The maximum atomic E-state index is 12.8. The van der Waals surface area contributed by atoms with Crippen LogP contribution in [0, 0.1) is 0 Å². The maximum absolute atomic E-state index is 12.8. The van der Waals surface area contributed by atoms with E-state index in [9.17, 15) is 14.4 Å². The molecule has 67 heavy (non-hydrogen) atoms. The molecule has 1 atom stereocenters. The van der Waals surface area contributed by atoms with Crippen LogP contribution in [0.15, 0.2) is 85.1 Å². The van der Waals surface area contributed by atoms with Crippen molar-refractivity contribution in [2.24, 2.45) is 0 Å². The van der Waals surface area contributed by atoms with E-state index in [1.807, 2.05) is 6.08 Å². The molecule has 0 saturated carbocycles. The molecule has 0 aliphatic rings. The summed E-state index contributed by atoms with van der Waals surface area (Å²) in [7, 11) is 0. The minimum absolute atomic E-state index is 0.100. The molecule has 0 amide bonds. The predicted octanol–water partition coefficient (Wildman–Crippen LogP) is 18.8. The first-order valence-electron chi connectivity index (χ1n) is 28.1. The van der Waals surface area contributed by atoms with Crippen LogP contribution in [-0.2, 0) is 28.6 Å². The Bertz CT molecular complexity index is 1300. The molecule has 6 heteroatoms. The molecule has 0 saturated heterocycles. The third-order valence-electron chi connectivity index (χ3n) is 11.9. The number of rotatable bonds is 50. The Morgan fingerprint density at radius 3 is 1.01 bits per heavy atom. The average molecular weight is 933 g/mol. The molecule has 0 N–H and O–H groups in total. The van der Waals surface area contributed by atoms with Crippen molar-refractivity contribution in [1.82, 2.24) is 0 Å². The molecule has 384 valence electrons. The van der Waals surface area contributed by atoms with E-state index < -0.39 is 6.10 Å². The first-order valence-corrected chi connectivity index (χ1v) is 28.1. The zero-order valence-corrected chi connectivity index (χ0v) is 43.9. The fourth-order valence-electron chi connectivity index (χ4n) is 7.70. The number of hydrogen-bond donors (Lipinski definition) is 0. The number of hydrogen-bond acceptors (Lipinski definition) is 6. The highest BCUT2D eigenvalue weighted by atomic mass is 16.6. The monoisotopic (exact) mass is 933 g/mol. The summed E-state index contributed by atoms with van der Waals surface area (Å²) in [6.45, 7) is 6.46. The fraction of sp³-hybridized carbons (Fsp3) is 0.721. The predicted molar refractivity (Wildman–Crippen MR) is 288 cm³/mol. The van der Waals surface area contributed by atoms with Gasteiger partial charge in [0.1, 0.15) is 13.2 Å². The van der Waals surface area contributed by atoms with Gasteiger partial charge in [0, 0.05) is 19.3 Å². The Morgan fingerprint density at radius 1 is 0.313 bits per heavy atom. The maximum Gasteiger partial charge on any atom is 0.306 e. The lowest BCUT2D eigenvalue weighted by atomic mass is 10.0. The van der Waals surface area contributed by atoms with Crippen molar-refractivity contribution >= 4 is 17.9 Å². The molecule has 0 heterocycles. The van der Waals surface area contributed by atoms with Gasteiger partial charge in [0.25, 0.3) is 0 Å². The Hall–Kier alpha value is -3.41. The molecule has 0 spiro atoms. The molecule has 0 aliphatic carbocycles. The number of ether oxygens (including phenoxy) is 3. The summed E-state index contributed by atoms with van der Waals surface area (Å²) < 4.78 is 16.8. The Balaban J connectivity index is 4.49. The molecule has 0 aliphatic heterocycles. The van der Waals surface area contributed by atoms with Crippen molar-refractivity contribution < 1.29 is 28.6 Å². The second-order valence-corrected chi connectivity index (χ2v) is 18.5. The van der Waals surface area contributed by atoms with Gasteiger partial charge in [-0.3, -0.25) is 14.4 Å². The van der Waals surface area contributed by atoms with Crippen molar-refractivity contribution in [2.45, 2.75) is 271 Å². The highest BCUT2D eigenvalue weighted by molar-refractivity contribution is 5.71. The molecular formula is C61H104O6. The van der Waals surface area contributed by atoms with Crippen LogP contribution in [0.2, 0.25) is 0 Å². The van der Waals surface area contributed by atoms with Gasteiger partial charge in [-0.1, -0.05) is 247 Å². The van der Waals surface area contributed by atoms with E-state index in [0.717, 1.165) is 77.0 Å². The number of esters is 3. The minimum Gasteiger partial charge on any atom is -0.462 e. The molecule has 6 nitrogen and oxygen atoms in total. The van der Waals surface area contributed by atoms with E-state index >= 15 is 0 Å². The number of allylic oxidation sites excluding steroid dienone is 14. The zero-order valence-electron chi connectivity index (χ0n) is 43.9. The zero-order chi connectivity index (χ0) is 48.6. The highest BCUT2D eigenvalue weighted by Crippen LogP contribution is 2.15. The third kappa shape index (κ3) is 53.4. The molecule has 0 bridgehead atoms. The second kappa shape index (κ2) is 55.2. The standard InChI is InChI=1S/C61H104O6/c1-4-7-10-13-16-19-22-25-28-29-30-31-34-36-39-42-45-48-51-54-60(63)66-57-58(67-61(64)55-52-49-46-43-40-37-33-27-24-21-18-15-12-9-6-3)56-65-59(62)53-50-47-44-41-38-35-32-26-23-20-17-14-11-8-5-2/h7,10,16,19-20,23,25,28,30-31,36,39,45,48,58H,4-6,8-9,11-15,17-18,21-22,24,26-27,29,32-35,37-38,40-44,46-47,49-57H2,1-3H3/b10-7-,19-16-,23-20-,28-25-,31-30-,39-36-,48-45-/t58-/m0/s1. The summed E-state index contributed by atoms with van der Waals surface area (Å²) in [6.07, 6.45) is 71.5. The summed E-state index contributed by atoms with van der Waals surface area (Å²) in [6, 6.07) is 0. The van der Waals surface area contributed by atoms with Crippen LogP contribution in [-0.4, -0.2) is 37.2 Å². The molecule has 0 rings (SSSR count). The van der Waals surface area contributed by atoms with Gasteiger partial charge in [0.15, 0.2) is 6.10 Å². The summed E-state index contributed by atoms with van der Waals surface area (Å²) in [4.78, 5) is 38.1. The van der Waals surface area contributed by atoms with Crippen LogP contribution in [0.3, 0.4) is 0 Å². The van der Waals surface area contributed by atoms with E-state index in [1.54, 1.807) is 0 Å². The molecule has 0 radical (unpaired) electrons. The first-order chi connectivity index (χ1) is 33.0. The molecule has 0 aromatic carbocycles. The fourth-order valence-corrected chi connectivity index (χ4v) is 7.70. The topological polar surface area (TPSA) is 78.9 Å². The van der Waals surface area contributed by atoms with Gasteiger partial charge in [-0.2, -0.15) is 0 Å². The van der Waals surface area contributed by atoms with Crippen molar-refractivity contribution in [1.29, 1.82) is 0 Å². The van der Waals surface area contributed by atoms with Crippen molar-refractivity contribution in [3.05, 3.63) is 85.1 Å². The lowest BCUT2D eigenvalue weighted by molar-refractivity contribution is -0.166. The van der Waals surface area contributed by atoms with Gasteiger partial charge in [-0.25, -0.2) is 0 Å². The summed E-state index contributed by atoms with van der Waals surface area (Å²) in [5, 5.41) is 0. The first kappa shape index (κ1) is 63.6. The quantitative estimate of drug-likeness (QED) is 0.0262. The minimum atomic E-state index is -0.807. The van der Waals surface area contributed by atoms with Crippen LogP contribution in [0.25, 0.3) is 0 Å². The third-order valence-corrected chi connectivity index (χ3v) is 11.9. The summed E-state index contributed by atoms with van der Waals surface area (Å²) >= 11 is 0. The van der Waals surface area contributed by atoms with Gasteiger partial charge in [0.05, 0.1) is 0 Å². The molecule has 0 fully saturated rings. The molecular weight excluding hydrogens is 829 g/mol. The van der Waals surface area contributed by atoms with Crippen molar-refractivity contribution in [3.8, 4) is 0 Å². The summed E-state index contributed by atoms with van der Waals surface area (Å²) in [5.41, 5.74) is 0. The van der Waals surface area contributed by atoms with E-state index in [2.05, 4.69) is 99.8 Å². The largest absolute Gasteiger partial charge is 0.462 e. The van der Waals surface area contributed by atoms with E-state index in [-0.39, 0.29) is 37.5 Å². The molecule has 0 aromatic heterocycles. The van der Waals surface area contributed by atoms with Crippen molar-refractivity contribution in [2.75, 3.05) is 13.2 Å². The van der Waals surface area contributed by atoms with Crippen LogP contribution in [0.1, 0.15) is 265 Å². The van der Waals surface area contributed by atoms with Crippen LogP contribution in [0.4, 0.5) is 0 Å². The van der Waals surface area contributed by atoms with Crippen LogP contribution >= 0.6 is 0 Å².